The van der Waals surface area contributed by atoms with Crippen LogP contribution in [-0.4, -0.2) is 39.7 Å². The molecule has 2 aromatic carbocycles. The van der Waals surface area contributed by atoms with Gasteiger partial charge in [-0.05, 0) is 54.9 Å². The Morgan fingerprint density at radius 3 is 2.59 bits per heavy atom. The fourth-order valence-corrected chi connectivity index (χ4v) is 3.99. The number of thioether (sulfide) groups is 1. The number of halogens is 3. The summed E-state index contributed by atoms with van der Waals surface area (Å²) < 4.78 is 50.7. The van der Waals surface area contributed by atoms with E-state index in [0.717, 1.165) is 5.56 Å². The third-order valence-corrected chi connectivity index (χ3v) is 5.80. The third-order valence-electron chi connectivity index (χ3n) is 4.85. The highest BCUT2D eigenvalue weighted by Gasteiger charge is 2.46. The zero-order chi connectivity index (χ0) is 24.5. The van der Waals surface area contributed by atoms with E-state index in [-0.39, 0.29) is 28.6 Å². The van der Waals surface area contributed by atoms with Crippen molar-refractivity contribution in [2.24, 2.45) is 10.1 Å². The maximum atomic E-state index is 13.0. The number of benzene rings is 2. The van der Waals surface area contributed by atoms with Crippen molar-refractivity contribution < 1.29 is 27.4 Å². The first-order valence-electron chi connectivity index (χ1n) is 10.2. The van der Waals surface area contributed by atoms with Crippen molar-refractivity contribution in [3.63, 3.8) is 0 Å². The van der Waals surface area contributed by atoms with E-state index in [1.54, 1.807) is 18.2 Å². The summed E-state index contributed by atoms with van der Waals surface area (Å²) in [6.07, 6.45) is -3.58. The van der Waals surface area contributed by atoms with Gasteiger partial charge < -0.3 is 9.47 Å². The van der Waals surface area contributed by atoms with Crippen molar-refractivity contribution in [1.29, 1.82) is 5.41 Å². The summed E-state index contributed by atoms with van der Waals surface area (Å²) in [7, 11) is 0. The molecule has 0 radical (unpaired) electrons. The Balaban J connectivity index is 1.61. The Bertz CT molecular complexity index is 1230. The van der Waals surface area contributed by atoms with Crippen LogP contribution in [0.15, 0.2) is 64.2 Å². The molecule has 0 bridgehead atoms. The number of hydrazone groups is 1. The van der Waals surface area contributed by atoms with Gasteiger partial charge in [0.1, 0.15) is 6.10 Å². The summed E-state index contributed by atoms with van der Waals surface area (Å²) in [6, 6.07) is 14.6. The number of amides is 1. The number of carbonyl (C=O) groups is 1. The molecule has 2 heterocycles. The van der Waals surface area contributed by atoms with Crippen LogP contribution in [0.1, 0.15) is 31.1 Å². The average molecular weight is 488 g/mol. The summed E-state index contributed by atoms with van der Waals surface area (Å²) >= 11 is 0.208. The van der Waals surface area contributed by atoms with E-state index < -0.39 is 23.0 Å². The molecule has 1 amide bonds. The molecule has 7 nitrogen and oxygen atoms in total. The number of alkyl halides is 3. The van der Waals surface area contributed by atoms with Crippen LogP contribution in [0.3, 0.4) is 0 Å². The Hall–Kier alpha value is -3.60. The largest absolute Gasteiger partial charge is 0.490 e. The van der Waals surface area contributed by atoms with Gasteiger partial charge in [-0.1, -0.05) is 36.4 Å². The predicted molar refractivity (Wildman–Crippen MR) is 124 cm³/mol. The second-order valence-electron chi connectivity index (χ2n) is 7.23. The van der Waals surface area contributed by atoms with Crippen molar-refractivity contribution in [3.8, 4) is 11.5 Å². The van der Waals surface area contributed by atoms with Crippen LogP contribution in [0.4, 0.5) is 13.2 Å². The number of amidine groups is 2. The maximum Gasteiger partial charge on any atom is 0.441 e. The van der Waals surface area contributed by atoms with Crippen molar-refractivity contribution in [2.45, 2.75) is 26.1 Å². The molecule has 1 N–H and O–H groups in total. The van der Waals surface area contributed by atoms with Crippen LogP contribution in [0.25, 0.3) is 6.08 Å². The monoisotopic (exact) mass is 488 g/mol. The summed E-state index contributed by atoms with van der Waals surface area (Å²) in [5, 5.41) is 10.9. The number of hydrogen-bond donors (Lipinski definition) is 1. The molecule has 0 fully saturated rings. The minimum Gasteiger partial charge on any atom is -0.490 e. The van der Waals surface area contributed by atoms with Crippen LogP contribution in [0.5, 0.6) is 11.5 Å². The molecule has 2 aliphatic heterocycles. The summed E-state index contributed by atoms with van der Waals surface area (Å²) in [4.78, 5) is 16.1. The van der Waals surface area contributed by atoms with E-state index in [1.165, 1.54) is 6.08 Å². The molecule has 1 atom stereocenters. The molecule has 0 saturated heterocycles. The molecule has 0 aromatic heterocycles. The Labute approximate surface area is 197 Å². The fourth-order valence-electron chi connectivity index (χ4n) is 3.24. The van der Waals surface area contributed by atoms with Crippen molar-refractivity contribution in [3.05, 3.63) is 65.2 Å². The number of carbonyl (C=O) groups excluding carboxylic acids is 1. The van der Waals surface area contributed by atoms with E-state index in [9.17, 15) is 18.0 Å². The average Bonchev–Trinajstić information content (AvgIpc) is 3.24. The Kier molecular flexibility index (Phi) is 6.47. The summed E-state index contributed by atoms with van der Waals surface area (Å²) in [5.74, 6) is -0.398. The lowest BCUT2D eigenvalue weighted by molar-refractivity contribution is -0.114. The maximum absolute atomic E-state index is 13.0. The number of fused-ring (bicyclic) bond motifs is 1. The predicted octanol–water partition coefficient (Wildman–Crippen LogP) is 5.41. The number of nitrogens with zero attached hydrogens (tertiary/aromatic N) is 3. The topological polar surface area (TPSA) is 87.3 Å². The molecule has 0 aliphatic carbocycles. The van der Waals surface area contributed by atoms with Gasteiger partial charge in [-0.2, -0.15) is 28.3 Å². The first-order valence-corrected chi connectivity index (χ1v) is 11.0. The lowest BCUT2D eigenvalue weighted by Gasteiger charge is -2.20. The Morgan fingerprint density at radius 1 is 1.18 bits per heavy atom. The van der Waals surface area contributed by atoms with Gasteiger partial charge in [0.15, 0.2) is 17.3 Å². The van der Waals surface area contributed by atoms with Crippen LogP contribution in [0.2, 0.25) is 0 Å². The smallest absolute Gasteiger partial charge is 0.441 e. The summed E-state index contributed by atoms with van der Waals surface area (Å²) in [6.45, 7) is 4.08. The van der Waals surface area contributed by atoms with E-state index in [4.69, 9.17) is 14.9 Å². The van der Waals surface area contributed by atoms with Gasteiger partial charge in [0.05, 0.1) is 12.2 Å². The SMILES string of the molecule is CCOc1cc(/C=C2\C(=N)N3N=C(C(F)(F)F)SC3=NC2=O)ccc1O[C@H](C)c1ccccc1. The number of nitrogens with one attached hydrogen (secondary N) is 1. The molecular formula is C23H19F3N4O3S. The van der Waals surface area contributed by atoms with E-state index in [0.29, 0.717) is 28.7 Å². The van der Waals surface area contributed by atoms with Gasteiger partial charge >= 0.3 is 6.18 Å². The molecule has 34 heavy (non-hydrogen) atoms. The second-order valence-corrected chi connectivity index (χ2v) is 8.19. The van der Waals surface area contributed by atoms with E-state index in [2.05, 4.69) is 10.1 Å². The molecule has 0 spiro atoms. The van der Waals surface area contributed by atoms with Crippen molar-refractivity contribution in [2.75, 3.05) is 6.61 Å². The second kappa shape index (κ2) is 9.34. The standard InChI is InChI=1S/C23H19F3N4O3S/c1-3-32-18-12-14(9-10-17(18)33-13(2)15-7-5-4-6-8-15)11-16-19(27)30-22(28-20(16)31)34-21(29-30)23(24,25)26/h4-13,27H,3H2,1-2H3/b16-11+,27-19?/t13-/m1/s1. The highest BCUT2D eigenvalue weighted by Crippen LogP contribution is 2.36. The molecule has 2 aromatic rings. The molecule has 0 unspecified atom stereocenters. The van der Waals surface area contributed by atoms with Crippen LogP contribution < -0.4 is 9.47 Å². The van der Waals surface area contributed by atoms with Crippen molar-refractivity contribution in [1.82, 2.24) is 5.01 Å². The first kappa shape index (κ1) is 23.6. The number of aliphatic imine (C=N–C) groups is 1. The summed E-state index contributed by atoms with van der Waals surface area (Å²) in [5.41, 5.74) is 1.28. The van der Waals surface area contributed by atoms with Gasteiger partial charge in [0.25, 0.3) is 5.91 Å². The van der Waals surface area contributed by atoms with E-state index >= 15 is 0 Å². The molecule has 11 heteroatoms. The van der Waals surface area contributed by atoms with Gasteiger partial charge in [-0.15, -0.1) is 0 Å². The molecule has 2 aliphatic rings. The number of rotatable bonds is 6. The third kappa shape index (κ3) is 4.84. The minimum absolute atomic E-state index is 0.190. The van der Waals surface area contributed by atoms with E-state index in [1.807, 2.05) is 44.2 Å². The van der Waals surface area contributed by atoms with Gasteiger partial charge in [0.2, 0.25) is 10.2 Å². The van der Waals surface area contributed by atoms with Gasteiger partial charge in [-0.3, -0.25) is 10.2 Å². The quantitative estimate of drug-likeness (QED) is 0.550. The van der Waals surface area contributed by atoms with Crippen LogP contribution in [0, 0.1) is 5.41 Å². The van der Waals surface area contributed by atoms with Crippen LogP contribution in [-0.2, 0) is 4.79 Å². The molecular weight excluding hydrogens is 469 g/mol. The minimum atomic E-state index is -4.70. The molecule has 0 saturated carbocycles. The zero-order valence-corrected chi connectivity index (χ0v) is 18.9. The lowest BCUT2D eigenvalue weighted by Crippen LogP contribution is -2.35. The first-order chi connectivity index (χ1) is 16.2. The normalized spacial score (nSPS) is 17.9. The number of ether oxygens (including phenoxy) is 2. The molecule has 4 rings (SSSR count). The number of hydrogen-bond acceptors (Lipinski definition) is 6. The fraction of sp³-hybridized carbons (Fsp3) is 0.217. The Morgan fingerprint density at radius 2 is 1.91 bits per heavy atom. The molecule has 176 valence electrons. The zero-order valence-electron chi connectivity index (χ0n) is 18.1. The van der Waals surface area contributed by atoms with Gasteiger partial charge in [0, 0.05) is 0 Å². The highest BCUT2D eigenvalue weighted by atomic mass is 32.2. The van der Waals surface area contributed by atoms with Crippen LogP contribution >= 0.6 is 11.8 Å². The van der Waals surface area contributed by atoms with Crippen molar-refractivity contribution >= 4 is 39.8 Å². The lowest BCUT2D eigenvalue weighted by atomic mass is 10.1. The van der Waals surface area contributed by atoms with Gasteiger partial charge in [-0.25, -0.2) is 0 Å². The highest BCUT2D eigenvalue weighted by molar-refractivity contribution is 8.27.